The molecule has 2 nitrogen and oxygen atoms in total. The van der Waals surface area contributed by atoms with Crippen LogP contribution in [0.15, 0.2) is 16.5 Å². The zero-order valence-electron chi connectivity index (χ0n) is 12.8. The summed E-state index contributed by atoms with van der Waals surface area (Å²) in [5.41, 5.74) is 3.33. The molecule has 1 aromatic carbocycles. The zero-order chi connectivity index (χ0) is 14.7. The van der Waals surface area contributed by atoms with Crippen molar-refractivity contribution < 1.29 is 4.42 Å². The van der Waals surface area contributed by atoms with Crippen LogP contribution in [0.5, 0.6) is 0 Å². The van der Waals surface area contributed by atoms with Crippen LogP contribution in [-0.2, 0) is 13.0 Å². The summed E-state index contributed by atoms with van der Waals surface area (Å²) < 4.78 is 6.04. The molecule has 1 aromatic heterocycles. The molecular weight excluding hydrogens is 270 g/mol. The van der Waals surface area contributed by atoms with Gasteiger partial charge in [-0.15, -0.1) is 0 Å². The molecule has 0 aliphatic carbocycles. The van der Waals surface area contributed by atoms with E-state index in [9.17, 15) is 0 Å². The van der Waals surface area contributed by atoms with Gasteiger partial charge in [0.25, 0.3) is 0 Å². The predicted molar refractivity (Wildman–Crippen MR) is 86.5 cm³/mol. The van der Waals surface area contributed by atoms with Crippen molar-refractivity contribution >= 4 is 22.6 Å². The Hall–Kier alpha value is -0.990. The molecule has 0 unspecified atom stereocenters. The molecule has 0 saturated carbocycles. The van der Waals surface area contributed by atoms with E-state index < -0.39 is 0 Å². The van der Waals surface area contributed by atoms with E-state index in [0.717, 1.165) is 37.3 Å². The van der Waals surface area contributed by atoms with Gasteiger partial charge in [-0.3, -0.25) is 0 Å². The lowest BCUT2D eigenvalue weighted by molar-refractivity contribution is 0.501. The van der Waals surface area contributed by atoms with Crippen LogP contribution in [0.25, 0.3) is 11.0 Å². The Morgan fingerprint density at radius 1 is 1.30 bits per heavy atom. The van der Waals surface area contributed by atoms with Crippen LogP contribution in [0.4, 0.5) is 0 Å². The van der Waals surface area contributed by atoms with E-state index in [4.69, 9.17) is 16.0 Å². The molecule has 3 heteroatoms. The van der Waals surface area contributed by atoms with Gasteiger partial charge in [0.1, 0.15) is 5.76 Å². The first-order valence-corrected chi connectivity index (χ1v) is 7.81. The summed E-state index contributed by atoms with van der Waals surface area (Å²) in [6.45, 7) is 10.5. The molecule has 0 bridgehead atoms. The molecule has 0 aliphatic rings. The number of furan rings is 1. The lowest BCUT2D eigenvalue weighted by Crippen LogP contribution is -2.14. The quantitative estimate of drug-likeness (QED) is 0.750. The summed E-state index contributed by atoms with van der Waals surface area (Å²) in [5, 5.41) is 5.32. The van der Waals surface area contributed by atoms with Crippen LogP contribution >= 0.6 is 11.6 Å². The highest BCUT2D eigenvalue weighted by molar-refractivity contribution is 6.35. The third-order valence-corrected chi connectivity index (χ3v) is 3.68. The van der Waals surface area contributed by atoms with Gasteiger partial charge in [-0.25, -0.2) is 0 Å². The van der Waals surface area contributed by atoms with Gasteiger partial charge in [0.15, 0.2) is 5.58 Å². The molecule has 0 atom stereocenters. The minimum atomic E-state index is 0.597. The molecule has 1 N–H and O–H groups in total. The predicted octanol–water partition coefficient (Wildman–Crippen LogP) is 5.09. The molecule has 0 radical (unpaired) electrons. The second-order valence-electron chi connectivity index (χ2n) is 5.90. The van der Waals surface area contributed by atoms with Gasteiger partial charge < -0.3 is 9.73 Å². The van der Waals surface area contributed by atoms with E-state index in [1.54, 1.807) is 0 Å². The number of hydrogen-bond acceptors (Lipinski definition) is 2. The molecule has 2 aromatic rings. The van der Waals surface area contributed by atoms with Gasteiger partial charge in [-0.1, -0.05) is 32.4 Å². The standard InChI is InChI=1S/C17H24ClNO/c1-5-6-19-10-16-13(7-11(2)3)14-8-12(4)9-15(18)17(14)20-16/h8-9,11,19H,5-7,10H2,1-4H3. The summed E-state index contributed by atoms with van der Waals surface area (Å²) in [7, 11) is 0. The van der Waals surface area contributed by atoms with E-state index >= 15 is 0 Å². The number of rotatable bonds is 6. The van der Waals surface area contributed by atoms with Crippen molar-refractivity contribution in [1.82, 2.24) is 5.32 Å². The number of nitrogens with one attached hydrogen (secondary N) is 1. The van der Waals surface area contributed by atoms with Crippen LogP contribution in [0, 0.1) is 12.8 Å². The summed E-state index contributed by atoms with van der Waals surface area (Å²) in [5.74, 6) is 1.63. The van der Waals surface area contributed by atoms with Crippen molar-refractivity contribution in [3.63, 3.8) is 0 Å². The Kier molecular flexibility index (Phi) is 5.11. The third kappa shape index (κ3) is 3.36. The fraction of sp³-hybridized carbons (Fsp3) is 0.529. The monoisotopic (exact) mass is 293 g/mol. The van der Waals surface area contributed by atoms with Crippen LogP contribution in [0.2, 0.25) is 5.02 Å². The SMILES string of the molecule is CCCNCc1oc2c(Cl)cc(C)cc2c1CC(C)C. The van der Waals surface area contributed by atoms with Crippen LogP contribution in [0.3, 0.4) is 0 Å². The number of fused-ring (bicyclic) bond motifs is 1. The van der Waals surface area contributed by atoms with Gasteiger partial charge in [-0.2, -0.15) is 0 Å². The molecule has 1 heterocycles. The first-order valence-electron chi connectivity index (χ1n) is 7.44. The van der Waals surface area contributed by atoms with E-state index in [0.29, 0.717) is 10.9 Å². The van der Waals surface area contributed by atoms with Gasteiger partial charge in [0.2, 0.25) is 0 Å². The van der Waals surface area contributed by atoms with E-state index in [1.165, 1.54) is 16.5 Å². The van der Waals surface area contributed by atoms with Gasteiger partial charge in [0.05, 0.1) is 11.6 Å². The molecule has 0 fully saturated rings. The maximum Gasteiger partial charge on any atom is 0.153 e. The zero-order valence-corrected chi connectivity index (χ0v) is 13.6. The van der Waals surface area contributed by atoms with Gasteiger partial charge >= 0.3 is 0 Å². The summed E-state index contributed by atoms with van der Waals surface area (Å²) in [6, 6.07) is 4.15. The normalized spacial score (nSPS) is 11.7. The largest absolute Gasteiger partial charge is 0.458 e. The topological polar surface area (TPSA) is 25.2 Å². The summed E-state index contributed by atoms with van der Waals surface area (Å²) in [4.78, 5) is 0. The highest BCUT2D eigenvalue weighted by atomic mass is 35.5. The highest BCUT2D eigenvalue weighted by Gasteiger charge is 2.17. The maximum atomic E-state index is 6.33. The highest BCUT2D eigenvalue weighted by Crippen LogP contribution is 2.34. The van der Waals surface area contributed by atoms with Crippen molar-refractivity contribution in [3.8, 4) is 0 Å². The van der Waals surface area contributed by atoms with Crippen LogP contribution in [0.1, 0.15) is 44.1 Å². The number of halogens is 1. The second kappa shape index (κ2) is 6.64. The lowest BCUT2D eigenvalue weighted by Gasteiger charge is -2.07. The minimum Gasteiger partial charge on any atom is -0.458 e. The third-order valence-electron chi connectivity index (χ3n) is 3.40. The molecule has 0 amide bonds. The minimum absolute atomic E-state index is 0.597. The van der Waals surface area contributed by atoms with E-state index in [-0.39, 0.29) is 0 Å². The van der Waals surface area contributed by atoms with Crippen molar-refractivity contribution in [2.75, 3.05) is 6.54 Å². The fourth-order valence-electron chi connectivity index (χ4n) is 2.55. The molecule has 20 heavy (non-hydrogen) atoms. The molecule has 2 rings (SSSR count). The molecule has 0 saturated heterocycles. The summed E-state index contributed by atoms with van der Waals surface area (Å²) in [6.07, 6.45) is 2.15. The second-order valence-corrected chi connectivity index (χ2v) is 6.31. The van der Waals surface area contributed by atoms with Crippen LogP contribution in [-0.4, -0.2) is 6.54 Å². The number of hydrogen-bond donors (Lipinski definition) is 1. The van der Waals surface area contributed by atoms with Crippen LogP contribution < -0.4 is 5.32 Å². The Morgan fingerprint density at radius 2 is 2.05 bits per heavy atom. The summed E-state index contributed by atoms with van der Waals surface area (Å²) >= 11 is 6.33. The van der Waals surface area contributed by atoms with Crippen molar-refractivity contribution in [3.05, 3.63) is 34.0 Å². The maximum absolute atomic E-state index is 6.33. The lowest BCUT2D eigenvalue weighted by atomic mass is 9.99. The van der Waals surface area contributed by atoms with Crippen molar-refractivity contribution in [1.29, 1.82) is 0 Å². The average molecular weight is 294 g/mol. The Bertz CT molecular complexity index is 586. The fourth-order valence-corrected chi connectivity index (χ4v) is 2.86. The molecular formula is C17H24ClNO. The van der Waals surface area contributed by atoms with E-state index in [1.807, 2.05) is 6.07 Å². The van der Waals surface area contributed by atoms with Crippen molar-refractivity contribution in [2.24, 2.45) is 5.92 Å². The number of aryl methyl sites for hydroxylation is 1. The Balaban J connectivity index is 2.46. The van der Waals surface area contributed by atoms with Gasteiger partial charge in [0, 0.05) is 10.9 Å². The van der Waals surface area contributed by atoms with E-state index in [2.05, 4.69) is 39.1 Å². The number of benzene rings is 1. The molecule has 0 aliphatic heterocycles. The molecule has 110 valence electrons. The van der Waals surface area contributed by atoms with Gasteiger partial charge in [-0.05, 0) is 49.9 Å². The Morgan fingerprint density at radius 3 is 2.70 bits per heavy atom. The van der Waals surface area contributed by atoms with Crippen molar-refractivity contribution in [2.45, 2.75) is 47.1 Å². The first kappa shape index (κ1) is 15.4. The first-order chi connectivity index (χ1) is 9.52. The smallest absolute Gasteiger partial charge is 0.153 e. The molecule has 0 spiro atoms. The Labute approximate surface area is 126 Å². The average Bonchev–Trinajstić information content (AvgIpc) is 2.68.